The van der Waals surface area contributed by atoms with Gasteiger partial charge in [0.25, 0.3) is 0 Å². The molecule has 78 valence electrons. The van der Waals surface area contributed by atoms with Gasteiger partial charge in [-0.15, -0.1) is 0 Å². The standard InChI is InChI=1S/C9H15N3O2/c1-12(4-2-9(13)11-10)6-8-3-5-14-7-8/h3,5,7H,2,4,6,10H2,1H3,(H,11,13). The van der Waals surface area contributed by atoms with E-state index in [0.717, 1.165) is 12.1 Å². The summed E-state index contributed by atoms with van der Waals surface area (Å²) >= 11 is 0. The van der Waals surface area contributed by atoms with Crippen molar-refractivity contribution in [2.45, 2.75) is 13.0 Å². The number of rotatable bonds is 5. The van der Waals surface area contributed by atoms with Gasteiger partial charge in [-0.25, -0.2) is 5.84 Å². The number of carbonyl (C=O) groups excluding carboxylic acids is 1. The highest BCUT2D eigenvalue weighted by Crippen LogP contribution is 2.03. The molecule has 0 atom stereocenters. The van der Waals surface area contributed by atoms with Crippen LogP contribution in [0, 0.1) is 0 Å². The fourth-order valence-electron chi connectivity index (χ4n) is 1.14. The summed E-state index contributed by atoms with van der Waals surface area (Å²) in [7, 11) is 1.94. The van der Waals surface area contributed by atoms with Gasteiger partial charge >= 0.3 is 0 Å². The zero-order valence-electron chi connectivity index (χ0n) is 8.19. The van der Waals surface area contributed by atoms with Crippen molar-refractivity contribution in [2.24, 2.45) is 5.84 Å². The van der Waals surface area contributed by atoms with Gasteiger partial charge in [0, 0.05) is 25.1 Å². The molecule has 0 aliphatic heterocycles. The summed E-state index contributed by atoms with van der Waals surface area (Å²) in [4.78, 5) is 12.9. The molecule has 3 N–H and O–H groups in total. The van der Waals surface area contributed by atoms with Gasteiger partial charge in [0.05, 0.1) is 12.5 Å². The Labute approximate surface area is 82.8 Å². The molecular formula is C9H15N3O2. The van der Waals surface area contributed by atoms with Gasteiger partial charge in [-0.2, -0.15) is 0 Å². The third-order valence-corrected chi connectivity index (χ3v) is 1.91. The van der Waals surface area contributed by atoms with Crippen LogP contribution < -0.4 is 11.3 Å². The van der Waals surface area contributed by atoms with Crippen LogP contribution >= 0.6 is 0 Å². The first-order valence-corrected chi connectivity index (χ1v) is 4.41. The molecule has 1 amide bonds. The number of nitrogens with zero attached hydrogens (tertiary/aromatic N) is 1. The maximum atomic E-state index is 10.8. The Morgan fingerprint density at radius 3 is 3.07 bits per heavy atom. The molecule has 0 spiro atoms. The second kappa shape index (κ2) is 5.41. The molecule has 0 radical (unpaired) electrons. The third kappa shape index (κ3) is 3.59. The van der Waals surface area contributed by atoms with Crippen LogP contribution in [0.2, 0.25) is 0 Å². The Bertz CT molecular complexity index is 272. The lowest BCUT2D eigenvalue weighted by molar-refractivity contribution is -0.121. The molecule has 1 aromatic heterocycles. The van der Waals surface area contributed by atoms with Crippen molar-refractivity contribution in [1.29, 1.82) is 0 Å². The molecule has 5 heteroatoms. The van der Waals surface area contributed by atoms with E-state index in [-0.39, 0.29) is 5.91 Å². The number of hydrogen-bond acceptors (Lipinski definition) is 4. The van der Waals surface area contributed by atoms with E-state index < -0.39 is 0 Å². The number of furan rings is 1. The van der Waals surface area contributed by atoms with Gasteiger partial charge in [0.15, 0.2) is 0 Å². The fraction of sp³-hybridized carbons (Fsp3) is 0.444. The van der Waals surface area contributed by atoms with Crippen molar-refractivity contribution in [3.8, 4) is 0 Å². The van der Waals surface area contributed by atoms with Crippen molar-refractivity contribution < 1.29 is 9.21 Å². The molecule has 1 rings (SSSR count). The first-order valence-electron chi connectivity index (χ1n) is 4.41. The van der Waals surface area contributed by atoms with Gasteiger partial charge < -0.3 is 9.32 Å². The normalized spacial score (nSPS) is 10.5. The van der Waals surface area contributed by atoms with Crippen LogP contribution in [0.5, 0.6) is 0 Å². The number of nitrogens with two attached hydrogens (primary N) is 1. The molecule has 14 heavy (non-hydrogen) atoms. The highest BCUT2D eigenvalue weighted by atomic mass is 16.3. The van der Waals surface area contributed by atoms with E-state index in [2.05, 4.69) is 5.43 Å². The predicted molar refractivity (Wildman–Crippen MR) is 52.0 cm³/mol. The molecule has 0 bridgehead atoms. The first kappa shape index (κ1) is 10.7. The molecule has 0 aliphatic rings. The minimum absolute atomic E-state index is 0.149. The Balaban J connectivity index is 2.22. The Morgan fingerprint density at radius 2 is 2.50 bits per heavy atom. The van der Waals surface area contributed by atoms with E-state index in [4.69, 9.17) is 10.3 Å². The lowest BCUT2D eigenvalue weighted by atomic mass is 10.3. The molecular weight excluding hydrogens is 182 g/mol. The third-order valence-electron chi connectivity index (χ3n) is 1.91. The summed E-state index contributed by atoms with van der Waals surface area (Å²) in [5.41, 5.74) is 3.19. The van der Waals surface area contributed by atoms with Crippen molar-refractivity contribution in [3.05, 3.63) is 24.2 Å². The molecule has 0 unspecified atom stereocenters. The lowest BCUT2D eigenvalue weighted by Crippen LogP contribution is -2.33. The van der Waals surface area contributed by atoms with Crippen molar-refractivity contribution in [1.82, 2.24) is 10.3 Å². The lowest BCUT2D eigenvalue weighted by Gasteiger charge is -2.14. The second-order valence-corrected chi connectivity index (χ2v) is 3.19. The maximum absolute atomic E-state index is 10.8. The second-order valence-electron chi connectivity index (χ2n) is 3.19. The van der Waals surface area contributed by atoms with Crippen LogP contribution in [0.1, 0.15) is 12.0 Å². The molecule has 0 fully saturated rings. The van der Waals surface area contributed by atoms with E-state index >= 15 is 0 Å². The predicted octanol–water partition coefficient (Wildman–Crippen LogP) is 0.0914. The topological polar surface area (TPSA) is 71.5 Å². The summed E-state index contributed by atoms with van der Waals surface area (Å²) in [6, 6.07) is 1.90. The summed E-state index contributed by atoms with van der Waals surface area (Å²) < 4.78 is 4.94. The quantitative estimate of drug-likeness (QED) is 0.399. The molecule has 1 aromatic rings. The Hall–Kier alpha value is -1.33. The van der Waals surface area contributed by atoms with Crippen LogP contribution in [0.4, 0.5) is 0 Å². The van der Waals surface area contributed by atoms with Crippen LogP contribution in [-0.4, -0.2) is 24.4 Å². The molecule has 0 aliphatic carbocycles. The zero-order valence-corrected chi connectivity index (χ0v) is 8.19. The smallest absolute Gasteiger partial charge is 0.235 e. The van der Waals surface area contributed by atoms with E-state index in [0.29, 0.717) is 13.0 Å². The largest absolute Gasteiger partial charge is 0.472 e. The van der Waals surface area contributed by atoms with E-state index in [1.165, 1.54) is 0 Å². The number of carbonyl (C=O) groups is 1. The zero-order chi connectivity index (χ0) is 10.4. The maximum Gasteiger partial charge on any atom is 0.235 e. The summed E-state index contributed by atoms with van der Waals surface area (Å²) in [6.45, 7) is 1.45. The van der Waals surface area contributed by atoms with Crippen molar-refractivity contribution in [3.63, 3.8) is 0 Å². The monoisotopic (exact) mass is 197 g/mol. The summed E-state index contributed by atoms with van der Waals surface area (Å²) in [5, 5.41) is 0. The number of nitrogens with one attached hydrogen (secondary N) is 1. The number of hydrogen-bond donors (Lipinski definition) is 2. The average molecular weight is 197 g/mol. The number of hydrazine groups is 1. The highest BCUT2D eigenvalue weighted by Gasteiger charge is 2.04. The Kier molecular flexibility index (Phi) is 4.15. The molecule has 1 heterocycles. The van der Waals surface area contributed by atoms with Gasteiger partial charge in [0.2, 0.25) is 5.91 Å². The fourth-order valence-corrected chi connectivity index (χ4v) is 1.14. The van der Waals surface area contributed by atoms with E-state index in [9.17, 15) is 4.79 Å². The van der Waals surface area contributed by atoms with Crippen LogP contribution in [0.25, 0.3) is 0 Å². The number of amides is 1. The van der Waals surface area contributed by atoms with Crippen LogP contribution in [-0.2, 0) is 11.3 Å². The van der Waals surface area contributed by atoms with Crippen molar-refractivity contribution >= 4 is 5.91 Å². The molecule has 5 nitrogen and oxygen atoms in total. The van der Waals surface area contributed by atoms with Crippen molar-refractivity contribution in [2.75, 3.05) is 13.6 Å². The molecule has 0 saturated carbocycles. The Morgan fingerprint density at radius 1 is 1.71 bits per heavy atom. The van der Waals surface area contributed by atoms with Gasteiger partial charge in [-0.05, 0) is 13.1 Å². The summed E-state index contributed by atoms with van der Waals surface area (Å²) in [5.74, 6) is 4.81. The average Bonchev–Trinajstić information content (AvgIpc) is 2.66. The molecule has 0 saturated heterocycles. The minimum Gasteiger partial charge on any atom is -0.472 e. The van der Waals surface area contributed by atoms with Gasteiger partial charge in [0.1, 0.15) is 0 Å². The minimum atomic E-state index is -0.149. The molecule has 0 aromatic carbocycles. The van der Waals surface area contributed by atoms with Gasteiger partial charge in [-0.3, -0.25) is 10.2 Å². The van der Waals surface area contributed by atoms with Crippen LogP contribution in [0.15, 0.2) is 23.0 Å². The van der Waals surface area contributed by atoms with Gasteiger partial charge in [-0.1, -0.05) is 0 Å². The highest BCUT2D eigenvalue weighted by molar-refractivity contribution is 5.75. The van der Waals surface area contributed by atoms with E-state index in [1.54, 1.807) is 12.5 Å². The first-order chi connectivity index (χ1) is 6.72. The summed E-state index contributed by atoms with van der Waals surface area (Å²) in [6.07, 6.45) is 3.74. The SMILES string of the molecule is CN(CCC(=O)NN)Cc1ccoc1. The van der Waals surface area contributed by atoms with E-state index in [1.807, 2.05) is 18.0 Å². The van der Waals surface area contributed by atoms with Crippen LogP contribution in [0.3, 0.4) is 0 Å².